The van der Waals surface area contributed by atoms with E-state index in [1.807, 2.05) is 0 Å². The Labute approximate surface area is 192 Å². The molecule has 0 fully saturated rings. The number of ether oxygens (including phenoxy) is 2. The van der Waals surface area contributed by atoms with Crippen LogP contribution in [-0.2, 0) is 20.5 Å². The van der Waals surface area contributed by atoms with Crippen molar-refractivity contribution in [3.63, 3.8) is 0 Å². The number of carbonyl (C=O) groups excluding carboxylic acids is 2. The molecule has 1 amide bonds. The van der Waals surface area contributed by atoms with Gasteiger partial charge in [-0.25, -0.2) is 4.39 Å². The smallest absolute Gasteiger partial charge is 0.417 e. The Hall–Kier alpha value is -4.12. The normalized spacial score (nSPS) is 12.8. The van der Waals surface area contributed by atoms with E-state index in [0.717, 1.165) is 24.3 Å². The van der Waals surface area contributed by atoms with E-state index in [2.05, 4.69) is 5.32 Å². The summed E-state index contributed by atoms with van der Waals surface area (Å²) in [6.45, 7) is 3.57. The molecule has 0 aliphatic rings. The largest absolute Gasteiger partial charge is 0.489 e. The number of nitrogens with one attached hydrogen (secondary N) is 1. The quantitative estimate of drug-likeness (QED) is 0.462. The number of nitriles is 2. The maximum absolute atomic E-state index is 13.8. The molecule has 2 aromatic carbocycles. The highest BCUT2D eigenvalue weighted by Gasteiger charge is 2.40. The Morgan fingerprint density at radius 2 is 1.68 bits per heavy atom. The zero-order chi connectivity index (χ0) is 25.7. The number of carbonyl (C=O) groups is 2. The minimum atomic E-state index is -4.85. The number of hydrogen-bond acceptors (Lipinski definition) is 6. The molecule has 0 heterocycles. The number of benzene rings is 2. The van der Waals surface area contributed by atoms with Crippen molar-refractivity contribution < 1.29 is 36.6 Å². The highest BCUT2D eigenvalue weighted by Crippen LogP contribution is 2.34. The van der Waals surface area contributed by atoms with Gasteiger partial charge < -0.3 is 14.8 Å². The topological polar surface area (TPSA) is 112 Å². The number of rotatable bonds is 7. The average Bonchev–Trinajstić information content (AvgIpc) is 2.77. The van der Waals surface area contributed by atoms with E-state index in [1.54, 1.807) is 6.07 Å². The molecule has 0 spiro atoms. The summed E-state index contributed by atoms with van der Waals surface area (Å²) in [6.07, 6.45) is -4.85. The lowest BCUT2D eigenvalue weighted by Gasteiger charge is -2.29. The molecule has 0 aliphatic carbocycles. The van der Waals surface area contributed by atoms with Crippen LogP contribution in [-0.4, -0.2) is 24.1 Å². The van der Waals surface area contributed by atoms with E-state index in [9.17, 15) is 27.2 Å². The summed E-state index contributed by atoms with van der Waals surface area (Å²) in [6, 6.07) is 8.95. The predicted octanol–water partition coefficient (Wildman–Crippen LogP) is 4.56. The average molecular weight is 477 g/mol. The van der Waals surface area contributed by atoms with Gasteiger partial charge in [0.15, 0.2) is 0 Å². The molecule has 7 nitrogen and oxygen atoms in total. The second-order valence-electron chi connectivity index (χ2n) is 7.67. The van der Waals surface area contributed by atoms with Gasteiger partial charge in [-0.3, -0.25) is 9.59 Å². The molecular formula is C23H19F4N3O4. The Balaban J connectivity index is 2.33. The first kappa shape index (κ1) is 26.1. The van der Waals surface area contributed by atoms with Gasteiger partial charge in [0.2, 0.25) is 5.60 Å². The number of nitrogens with zero attached hydrogens (tertiary/aromatic N) is 2. The van der Waals surface area contributed by atoms with Crippen LogP contribution < -0.4 is 10.1 Å². The monoisotopic (exact) mass is 477 g/mol. The second-order valence-corrected chi connectivity index (χ2v) is 7.67. The highest BCUT2D eigenvalue weighted by molar-refractivity contribution is 5.98. The number of anilines is 1. The summed E-state index contributed by atoms with van der Waals surface area (Å²) in [5.74, 6) is -3.40. The van der Waals surface area contributed by atoms with Crippen LogP contribution in [0.4, 0.5) is 23.2 Å². The van der Waals surface area contributed by atoms with Crippen LogP contribution >= 0.6 is 0 Å². The van der Waals surface area contributed by atoms with Crippen LogP contribution in [0.2, 0.25) is 0 Å². The van der Waals surface area contributed by atoms with Gasteiger partial charge >= 0.3 is 12.1 Å². The van der Waals surface area contributed by atoms with Crippen LogP contribution in [0.3, 0.4) is 0 Å². The molecule has 2 rings (SSSR count). The van der Waals surface area contributed by atoms with Crippen molar-refractivity contribution in [2.45, 2.75) is 32.5 Å². The molecule has 178 valence electrons. The van der Waals surface area contributed by atoms with Crippen LogP contribution in [0, 0.1) is 34.4 Å². The molecular weight excluding hydrogens is 458 g/mol. The van der Waals surface area contributed by atoms with E-state index >= 15 is 0 Å². The standard InChI is InChI=1S/C23H19F4N3O4/c1-13(2)20(31)34-22(3,12-33-17-7-5-15(11-29)19(24)9-17)21(32)30-16-6-4-14(10-28)18(8-16)23(25,26)27/h4-9,13H,12H2,1-3H3,(H,30,32)/t22-/m0/s1. The Bertz CT molecular complexity index is 1180. The highest BCUT2D eigenvalue weighted by atomic mass is 19.4. The first-order chi connectivity index (χ1) is 15.8. The van der Waals surface area contributed by atoms with E-state index in [4.69, 9.17) is 20.0 Å². The van der Waals surface area contributed by atoms with E-state index < -0.39 is 53.1 Å². The minimum absolute atomic E-state index is 0.0751. The van der Waals surface area contributed by atoms with E-state index in [0.29, 0.717) is 6.07 Å². The Morgan fingerprint density at radius 3 is 2.21 bits per heavy atom. The van der Waals surface area contributed by atoms with Crippen LogP contribution in [0.15, 0.2) is 36.4 Å². The number of halogens is 4. The maximum atomic E-state index is 13.8. The summed E-state index contributed by atoms with van der Waals surface area (Å²) >= 11 is 0. The van der Waals surface area contributed by atoms with Crippen molar-refractivity contribution in [3.05, 3.63) is 58.9 Å². The van der Waals surface area contributed by atoms with Gasteiger partial charge in [-0.1, -0.05) is 13.8 Å². The lowest BCUT2D eigenvalue weighted by atomic mass is 10.0. The van der Waals surface area contributed by atoms with Gasteiger partial charge in [0.05, 0.1) is 28.7 Å². The molecule has 0 saturated heterocycles. The van der Waals surface area contributed by atoms with Crippen LogP contribution in [0.1, 0.15) is 37.5 Å². The third-order valence-corrected chi connectivity index (χ3v) is 4.56. The number of amides is 1. The fraction of sp³-hybridized carbons (Fsp3) is 0.304. The van der Waals surface area contributed by atoms with Gasteiger partial charge in [0.1, 0.15) is 24.2 Å². The number of alkyl halides is 3. The fourth-order valence-corrected chi connectivity index (χ4v) is 2.60. The van der Waals surface area contributed by atoms with Crippen LogP contribution in [0.5, 0.6) is 5.75 Å². The molecule has 0 unspecified atom stereocenters. The van der Waals surface area contributed by atoms with Crippen LogP contribution in [0.25, 0.3) is 0 Å². The van der Waals surface area contributed by atoms with Crippen molar-refractivity contribution in [3.8, 4) is 17.9 Å². The summed E-state index contributed by atoms with van der Waals surface area (Å²) < 4.78 is 64.2. The molecule has 0 bridgehead atoms. The summed E-state index contributed by atoms with van der Waals surface area (Å²) in [5, 5.41) is 19.9. The number of esters is 1. The lowest BCUT2D eigenvalue weighted by Crippen LogP contribution is -2.49. The van der Waals surface area contributed by atoms with Crippen molar-refractivity contribution in [2.75, 3.05) is 11.9 Å². The molecule has 0 aromatic heterocycles. The van der Waals surface area contributed by atoms with Crippen molar-refractivity contribution in [1.29, 1.82) is 10.5 Å². The van der Waals surface area contributed by atoms with Gasteiger partial charge in [0, 0.05) is 11.8 Å². The van der Waals surface area contributed by atoms with E-state index in [-0.39, 0.29) is 17.0 Å². The van der Waals surface area contributed by atoms with E-state index in [1.165, 1.54) is 32.9 Å². The molecule has 1 N–H and O–H groups in total. The zero-order valence-corrected chi connectivity index (χ0v) is 18.3. The molecule has 0 radical (unpaired) electrons. The third kappa shape index (κ3) is 6.23. The van der Waals surface area contributed by atoms with Crippen molar-refractivity contribution in [1.82, 2.24) is 0 Å². The predicted molar refractivity (Wildman–Crippen MR) is 111 cm³/mol. The third-order valence-electron chi connectivity index (χ3n) is 4.56. The first-order valence-electron chi connectivity index (χ1n) is 9.79. The lowest BCUT2D eigenvalue weighted by molar-refractivity contribution is -0.170. The molecule has 0 saturated carbocycles. The second kappa shape index (κ2) is 10.2. The number of hydrogen-bond donors (Lipinski definition) is 1. The van der Waals surface area contributed by atoms with Gasteiger partial charge in [-0.05, 0) is 37.3 Å². The molecule has 2 aromatic rings. The van der Waals surface area contributed by atoms with Gasteiger partial charge in [0.25, 0.3) is 5.91 Å². The molecule has 1 atom stereocenters. The summed E-state index contributed by atoms with van der Waals surface area (Å²) in [4.78, 5) is 25.2. The van der Waals surface area contributed by atoms with Crippen molar-refractivity contribution in [2.24, 2.45) is 5.92 Å². The maximum Gasteiger partial charge on any atom is 0.417 e. The molecule has 11 heteroatoms. The fourth-order valence-electron chi connectivity index (χ4n) is 2.60. The molecule has 0 aliphatic heterocycles. The molecule has 34 heavy (non-hydrogen) atoms. The Kier molecular flexibility index (Phi) is 7.85. The summed E-state index contributed by atoms with van der Waals surface area (Å²) in [7, 11) is 0. The zero-order valence-electron chi connectivity index (χ0n) is 18.3. The first-order valence-corrected chi connectivity index (χ1v) is 9.79. The Morgan fingerprint density at radius 1 is 1.06 bits per heavy atom. The van der Waals surface area contributed by atoms with Crippen molar-refractivity contribution >= 4 is 17.6 Å². The SMILES string of the molecule is CC(C)C(=O)O[C@@](C)(COc1ccc(C#N)c(F)c1)C(=O)Nc1ccc(C#N)c(C(F)(F)F)c1. The van der Waals surface area contributed by atoms with Gasteiger partial charge in [-0.15, -0.1) is 0 Å². The summed E-state index contributed by atoms with van der Waals surface area (Å²) in [5.41, 5.74) is -4.45. The van der Waals surface area contributed by atoms with Gasteiger partial charge in [-0.2, -0.15) is 23.7 Å². The minimum Gasteiger partial charge on any atom is -0.489 e.